The number of halogens is 1. The van der Waals surface area contributed by atoms with E-state index in [4.69, 9.17) is 11.6 Å². The Morgan fingerprint density at radius 2 is 1.81 bits per heavy atom. The molecule has 1 fully saturated rings. The van der Waals surface area contributed by atoms with Crippen molar-refractivity contribution in [2.45, 2.75) is 32.2 Å². The molecule has 1 saturated heterocycles. The lowest BCUT2D eigenvalue weighted by Crippen LogP contribution is -2.33. The van der Waals surface area contributed by atoms with E-state index in [0.717, 1.165) is 31.6 Å². The average Bonchev–Trinajstić information content (AvgIpc) is 2.75. The van der Waals surface area contributed by atoms with Crippen LogP contribution in [0.1, 0.15) is 41.6 Å². The monoisotopic (exact) mass is 463 g/mol. The summed E-state index contributed by atoms with van der Waals surface area (Å²) >= 11 is 6.03. The minimum atomic E-state index is -3.49. The summed E-state index contributed by atoms with van der Waals surface area (Å²) < 4.78 is 25.9. The van der Waals surface area contributed by atoms with Crippen LogP contribution < -0.4 is 9.62 Å². The molecule has 8 heteroatoms. The molecule has 1 aliphatic heterocycles. The molecule has 168 valence electrons. The van der Waals surface area contributed by atoms with E-state index < -0.39 is 10.0 Å². The Hall–Kier alpha value is -2.09. The van der Waals surface area contributed by atoms with Crippen molar-refractivity contribution < 1.29 is 13.2 Å². The first-order valence-corrected chi connectivity index (χ1v) is 12.9. The number of hydrogen-bond acceptors (Lipinski definition) is 4. The molecule has 0 aliphatic carbocycles. The summed E-state index contributed by atoms with van der Waals surface area (Å²) in [5, 5.41) is 3.44. The third-order valence-corrected chi connectivity index (χ3v) is 6.80. The fraction of sp³-hybridized carbons (Fsp3) is 0.435. The quantitative estimate of drug-likeness (QED) is 0.572. The van der Waals surface area contributed by atoms with Crippen LogP contribution in [0.4, 0.5) is 5.69 Å². The molecule has 1 heterocycles. The second kappa shape index (κ2) is 11.0. The number of hydrogen-bond donors (Lipinski definition) is 1. The second-order valence-corrected chi connectivity index (χ2v) is 10.3. The maximum absolute atomic E-state index is 12.4. The van der Waals surface area contributed by atoms with Crippen LogP contribution in [0.2, 0.25) is 5.02 Å². The Labute approximate surface area is 190 Å². The molecular formula is C23H30ClN3O3S. The first-order valence-electron chi connectivity index (χ1n) is 10.7. The van der Waals surface area contributed by atoms with Gasteiger partial charge in [0.25, 0.3) is 5.91 Å². The Morgan fingerprint density at radius 1 is 1.10 bits per heavy atom. The van der Waals surface area contributed by atoms with Crippen LogP contribution in [-0.2, 0) is 16.6 Å². The number of sulfonamides is 1. The molecule has 0 aromatic heterocycles. The van der Waals surface area contributed by atoms with Crippen LogP contribution in [0.15, 0.2) is 48.5 Å². The maximum Gasteiger partial charge on any atom is 0.251 e. The molecule has 6 nitrogen and oxygen atoms in total. The van der Waals surface area contributed by atoms with Crippen LogP contribution in [-0.4, -0.2) is 51.7 Å². The van der Waals surface area contributed by atoms with Gasteiger partial charge in [0, 0.05) is 17.1 Å². The highest BCUT2D eigenvalue weighted by molar-refractivity contribution is 7.92. The van der Waals surface area contributed by atoms with Gasteiger partial charge < -0.3 is 10.2 Å². The highest BCUT2D eigenvalue weighted by Crippen LogP contribution is 2.24. The van der Waals surface area contributed by atoms with E-state index in [1.54, 1.807) is 48.5 Å². The number of carbonyl (C=O) groups is 1. The number of carbonyl (C=O) groups excluding carboxylic acids is 1. The van der Waals surface area contributed by atoms with Crippen molar-refractivity contribution in [1.29, 1.82) is 0 Å². The molecule has 2 aromatic carbocycles. The van der Waals surface area contributed by atoms with Crippen LogP contribution in [0, 0.1) is 0 Å². The van der Waals surface area contributed by atoms with Gasteiger partial charge in [-0.05, 0) is 74.8 Å². The van der Waals surface area contributed by atoms with Gasteiger partial charge in [-0.1, -0.05) is 36.2 Å². The number of nitrogens with zero attached hydrogens (tertiary/aromatic N) is 2. The van der Waals surface area contributed by atoms with Gasteiger partial charge in [-0.15, -0.1) is 0 Å². The van der Waals surface area contributed by atoms with Gasteiger partial charge in [0.2, 0.25) is 10.0 Å². The van der Waals surface area contributed by atoms with E-state index in [9.17, 15) is 13.2 Å². The average molecular weight is 464 g/mol. The Kier molecular flexibility index (Phi) is 8.35. The van der Waals surface area contributed by atoms with Crippen molar-refractivity contribution >= 4 is 33.2 Å². The van der Waals surface area contributed by atoms with Crippen molar-refractivity contribution in [2.24, 2.45) is 0 Å². The number of nitrogens with one attached hydrogen (secondary N) is 1. The minimum Gasteiger partial charge on any atom is -0.352 e. The van der Waals surface area contributed by atoms with Crippen LogP contribution in [0.3, 0.4) is 0 Å². The largest absolute Gasteiger partial charge is 0.352 e. The van der Waals surface area contributed by atoms with Crippen molar-refractivity contribution in [3.8, 4) is 0 Å². The summed E-state index contributed by atoms with van der Waals surface area (Å²) in [6.45, 7) is 4.15. The molecule has 0 bridgehead atoms. The van der Waals surface area contributed by atoms with Gasteiger partial charge in [0.05, 0.1) is 18.5 Å². The summed E-state index contributed by atoms with van der Waals surface area (Å²) in [4.78, 5) is 14.9. The third kappa shape index (κ3) is 7.23. The Bertz CT molecular complexity index is 974. The Morgan fingerprint density at radius 3 is 2.45 bits per heavy atom. The van der Waals surface area contributed by atoms with Crippen molar-refractivity contribution in [3.05, 3.63) is 64.7 Å². The number of anilines is 1. The van der Waals surface area contributed by atoms with Crippen LogP contribution >= 0.6 is 11.6 Å². The highest BCUT2D eigenvalue weighted by Gasteiger charge is 2.18. The fourth-order valence-corrected chi connectivity index (χ4v) is 4.81. The van der Waals surface area contributed by atoms with Gasteiger partial charge in [0.15, 0.2) is 0 Å². The SMILES string of the molecule is CS(=O)(=O)N(Cc1ccc(C(=O)NCCCN2CCCCC2)cc1)c1cccc(Cl)c1. The molecular weight excluding hydrogens is 434 g/mol. The fourth-order valence-electron chi connectivity index (χ4n) is 3.75. The highest BCUT2D eigenvalue weighted by atomic mass is 35.5. The first-order chi connectivity index (χ1) is 14.8. The van der Waals surface area contributed by atoms with E-state index in [-0.39, 0.29) is 12.5 Å². The Balaban J connectivity index is 1.55. The van der Waals surface area contributed by atoms with Gasteiger partial charge in [0.1, 0.15) is 0 Å². The molecule has 0 atom stereocenters. The van der Waals surface area contributed by atoms with Gasteiger partial charge in [-0.3, -0.25) is 9.10 Å². The minimum absolute atomic E-state index is 0.111. The number of rotatable bonds is 9. The summed E-state index contributed by atoms with van der Waals surface area (Å²) in [6.07, 6.45) is 5.97. The lowest BCUT2D eigenvalue weighted by Gasteiger charge is -2.26. The summed E-state index contributed by atoms with van der Waals surface area (Å²) in [5.74, 6) is -0.111. The van der Waals surface area contributed by atoms with Crippen LogP contribution in [0.5, 0.6) is 0 Å². The summed E-state index contributed by atoms with van der Waals surface area (Å²) in [6, 6.07) is 13.8. The second-order valence-electron chi connectivity index (χ2n) is 7.96. The number of benzene rings is 2. The smallest absolute Gasteiger partial charge is 0.251 e. The third-order valence-electron chi connectivity index (χ3n) is 5.42. The van der Waals surface area contributed by atoms with E-state index in [2.05, 4.69) is 10.2 Å². The molecule has 3 rings (SSSR count). The van der Waals surface area contributed by atoms with Crippen molar-refractivity contribution in [3.63, 3.8) is 0 Å². The molecule has 1 aliphatic rings. The van der Waals surface area contributed by atoms with E-state index in [0.29, 0.717) is 22.8 Å². The predicted molar refractivity (Wildman–Crippen MR) is 126 cm³/mol. The molecule has 0 unspecified atom stereocenters. The van der Waals surface area contributed by atoms with Gasteiger partial charge in [-0.2, -0.15) is 0 Å². The van der Waals surface area contributed by atoms with E-state index in [1.807, 2.05) is 0 Å². The van der Waals surface area contributed by atoms with Gasteiger partial charge >= 0.3 is 0 Å². The van der Waals surface area contributed by atoms with E-state index >= 15 is 0 Å². The molecule has 1 amide bonds. The lowest BCUT2D eigenvalue weighted by molar-refractivity contribution is 0.0951. The molecule has 0 radical (unpaired) electrons. The van der Waals surface area contributed by atoms with Gasteiger partial charge in [-0.25, -0.2) is 8.42 Å². The molecule has 31 heavy (non-hydrogen) atoms. The van der Waals surface area contributed by atoms with E-state index in [1.165, 1.54) is 29.8 Å². The predicted octanol–water partition coefficient (Wildman–Crippen LogP) is 3.91. The maximum atomic E-state index is 12.4. The number of likely N-dealkylation sites (tertiary alicyclic amines) is 1. The topological polar surface area (TPSA) is 69.7 Å². The zero-order valence-electron chi connectivity index (χ0n) is 17.9. The molecule has 1 N–H and O–H groups in total. The number of piperidine rings is 1. The standard InChI is InChI=1S/C23H30ClN3O3S/c1-31(29,30)27(22-8-5-7-21(24)17-22)18-19-9-11-20(12-10-19)23(28)25-13-6-16-26-14-3-2-4-15-26/h5,7-12,17H,2-4,6,13-16,18H2,1H3,(H,25,28). The zero-order chi connectivity index (χ0) is 22.3. The van der Waals surface area contributed by atoms with Crippen molar-refractivity contribution in [1.82, 2.24) is 10.2 Å². The van der Waals surface area contributed by atoms with Crippen molar-refractivity contribution in [2.75, 3.05) is 36.7 Å². The number of amides is 1. The molecule has 2 aromatic rings. The molecule has 0 spiro atoms. The lowest BCUT2D eigenvalue weighted by atomic mass is 10.1. The van der Waals surface area contributed by atoms with Crippen LogP contribution in [0.25, 0.3) is 0 Å². The summed E-state index contributed by atoms with van der Waals surface area (Å²) in [7, 11) is -3.49. The first kappa shape index (κ1) is 23.6. The molecule has 0 saturated carbocycles. The summed E-state index contributed by atoms with van der Waals surface area (Å²) in [5.41, 5.74) is 1.85. The normalized spacial score (nSPS) is 14.9. The zero-order valence-corrected chi connectivity index (χ0v) is 19.5.